The summed E-state index contributed by atoms with van der Waals surface area (Å²) < 4.78 is 25.5. The van der Waals surface area contributed by atoms with Gasteiger partial charge in [0.05, 0.1) is 4.90 Å². The van der Waals surface area contributed by atoms with Crippen LogP contribution in [-0.4, -0.2) is 37.7 Å². The molecule has 0 spiro atoms. The van der Waals surface area contributed by atoms with E-state index in [4.69, 9.17) is 0 Å². The van der Waals surface area contributed by atoms with Gasteiger partial charge < -0.3 is 10.3 Å². The number of hydrogen-bond acceptors (Lipinski definition) is 3. The van der Waals surface area contributed by atoms with E-state index in [1.54, 1.807) is 12.1 Å². The lowest BCUT2D eigenvalue weighted by Gasteiger charge is -2.12. The zero-order valence-electron chi connectivity index (χ0n) is 15.4. The Morgan fingerprint density at radius 1 is 1.11 bits per heavy atom. The summed E-state index contributed by atoms with van der Waals surface area (Å²) in [5.41, 5.74) is 2.77. The molecule has 0 aliphatic rings. The molecule has 142 valence electrons. The first-order valence-electron chi connectivity index (χ1n) is 8.75. The zero-order chi connectivity index (χ0) is 19.4. The normalized spacial score (nSPS) is 11.8. The van der Waals surface area contributed by atoms with E-state index >= 15 is 0 Å². The molecule has 3 aromatic rings. The molecule has 0 aliphatic heterocycles. The first-order valence-corrected chi connectivity index (χ1v) is 10.2. The Hall–Kier alpha value is -2.64. The van der Waals surface area contributed by atoms with Crippen LogP contribution < -0.4 is 5.32 Å². The minimum atomic E-state index is -3.52. The van der Waals surface area contributed by atoms with E-state index in [1.807, 2.05) is 24.4 Å². The minimum Gasteiger partial charge on any atom is -0.361 e. The standard InChI is InChI=1S/C20H23N3O3S/c1-23(2)27(25,26)17-9-6-8-16(13-17)22-20(24)12-5-7-15-14-21-19-11-4-3-10-18(15)19/h3-4,6,8-11,13-14,21H,5,7,12H2,1-2H3,(H,22,24). The number of para-hydroxylation sites is 1. The van der Waals surface area contributed by atoms with Crippen LogP contribution in [0.5, 0.6) is 0 Å². The van der Waals surface area contributed by atoms with Crippen LogP contribution in [0.1, 0.15) is 18.4 Å². The van der Waals surface area contributed by atoms with E-state index in [-0.39, 0.29) is 10.8 Å². The maximum atomic E-state index is 12.2. The molecular weight excluding hydrogens is 362 g/mol. The molecule has 0 radical (unpaired) electrons. The fourth-order valence-corrected chi connectivity index (χ4v) is 3.89. The van der Waals surface area contributed by atoms with Crippen molar-refractivity contribution >= 4 is 32.5 Å². The highest BCUT2D eigenvalue weighted by Crippen LogP contribution is 2.20. The number of carbonyl (C=O) groups excluding carboxylic acids is 1. The van der Waals surface area contributed by atoms with Gasteiger partial charge in [0.25, 0.3) is 0 Å². The number of fused-ring (bicyclic) bond motifs is 1. The predicted octanol–water partition coefficient (Wildman–Crippen LogP) is 3.38. The fraction of sp³-hybridized carbons (Fsp3) is 0.250. The number of aromatic amines is 1. The monoisotopic (exact) mass is 385 g/mol. The highest BCUT2D eigenvalue weighted by Gasteiger charge is 2.17. The second kappa shape index (κ2) is 7.94. The van der Waals surface area contributed by atoms with Gasteiger partial charge in [-0.25, -0.2) is 12.7 Å². The van der Waals surface area contributed by atoms with Gasteiger partial charge in [-0.2, -0.15) is 0 Å². The number of hydrogen-bond donors (Lipinski definition) is 2. The van der Waals surface area contributed by atoms with Gasteiger partial charge in [-0.15, -0.1) is 0 Å². The average molecular weight is 385 g/mol. The van der Waals surface area contributed by atoms with Crippen molar-refractivity contribution in [3.05, 3.63) is 60.3 Å². The molecule has 3 rings (SSSR count). The molecule has 0 saturated carbocycles. The van der Waals surface area contributed by atoms with Crippen molar-refractivity contribution in [2.45, 2.75) is 24.2 Å². The van der Waals surface area contributed by atoms with Crippen molar-refractivity contribution in [3.8, 4) is 0 Å². The molecule has 6 nitrogen and oxygen atoms in total. The predicted molar refractivity (Wildman–Crippen MR) is 107 cm³/mol. The van der Waals surface area contributed by atoms with Crippen LogP contribution >= 0.6 is 0 Å². The number of H-pyrrole nitrogens is 1. The molecule has 1 heterocycles. The molecule has 0 fully saturated rings. The second-order valence-corrected chi connectivity index (χ2v) is 8.73. The Morgan fingerprint density at radius 3 is 2.67 bits per heavy atom. The van der Waals surface area contributed by atoms with Crippen LogP contribution in [0.4, 0.5) is 5.69 Å². The molecule has 2 aromatic carbocycles. The third-order valence-electron chi connectivity index (χ3n) is 4.42. The van der Waals surface area contributed by atoms with Crippen LogP contribution in [0, 0.1) is 0 Å². The number of amides is 1. The molecule has 2 N–H and O–H groups in total. The van der Waals surface area contributed by atoms with Gasteiger partial charge in [-0.05, 0) is 42.7 Å². The number of sulfonamides is 1. The van der Waals surface area contributed by atoms with Crippen LogP contribution in [0.3, 0.4) is 0 Å². The lowest BCUT2D eigenvalue weighted by Crippen LogP contribution is -2.22. The van der Waals surface area contributed by atoms with Crippen molar-refractivity contribution in [3.63, 3.8) is 0 Å². The van der Waals surface area contributed by atoms with Crippen LogP contribution in [0.15, 0.2) is 59.6 Å². The van der Waals surface area contributed by atoms with Crippen LogP contribution in [0.2, 0.25) is 0 Å². The van der Waals surface area contributed by atoms with E-state index < -0.39 is 10.0 Å². The number of nitrogens with zero attached hydrogens (tertiary/aromatic N) is 1. The third kappa shape index (κ3) is 4.37. The maximum Gasteiger partial charge on any atom is 0.242 e. The number of aryl methyl sites for hydroxylation is 1. The van der Waals surface area contributed by atoms with Crippen molar-refractivity contribution in [2.75, 3.05) is 19.4 Å². The molecule has 0 bridgehead atoms. The number of aromatic nitrogens is 1. The Labute approximate surface area is 159 Å². The van der Waals surface area contributed by atoms with Crippen molar-refractivity contribution < 1.29 is 13.2 Å². The van der Waals surface area contributed by atoms with Crippen LogP contribution in [0.25, 0.3) is 10.9 Å². The Morgan fingerprint density at radius 2 is 1.89 bits per heavy atom. The van der Waals surface area contributed by atoms with E-state index in [0.717, 1.165) is 16.2 Å². The number of rotatable bonds is 7. The maximum absolute atomic E-state index is 12.2. The molecule has 0 saturated heterocycles. The van der Waals surface area contributed by atoms with Gasteiger partial charge in [0.1, 0.15) is 0 Å². The summed E-state index contributed by atoms with van der Waals surface area (Å²) in [7, 11) is -0.569. The average Bonchev–Trinajstić information content (AvgIpc) is 3.05. The summed E-state index contributed by atoms with van der Waals surface area (Å²) in [6.45, 7) is 0. The Kier molecular flexibility index (Phi) is 5.62. The molecule has 1 aromatic heterocycles. The number of benzene rings is 2. The largest absolute Gasteiger partial charge is 0.361 e. The molecule has 27 heavy (non-hydrogen) atoms. The van der Waals surface area contributed by atoms with Crippen molar-refractivity contribution in [1.29, 1.82) is 0 Å². The topological polar surface area (TPSA) is 82.3 Å². The number of anilines is 1. The van der Waals surface area contributed by atoms with Crippen LogP contribution in [-0.2, 0) is 21.2 Å². The SMILES string of the molecule is CN(C)S(=O)(=O)c1cccc(NC(=O)CCCc2c[nH]c3ccccc23)c1. The van der Waals surface area contributed by atoms with Crippen molar-refractivity contribution in [2.24, 2.45) is 0 Å². The summed E-state index contributed by atoms with van der Waals surface area (Å²) in [6, 6.07) is 14.4. The molecule has 0 atom stereocenters. The molecular formula is C20H23N3O3S. The lowest BCUT2D eigenvalue weighted by molar-refractivity contribution is -0.116. The lowest BCUT2D eigenvalue weighted by atomic mass is 10.1. The highest BCUT2D eigenvalue weighted by atomic mass is 32.2. The summed E-state index contributed by atoms with van der Waals surface area (Å²) in [6.07, 6.45) is 3.86. The van der Waals surface area contributed by atoms with E-state index in [1.165, 1.54) is 37.2 Å². The van der Waals surface area contributed by atoms with Gasteiger partial charge in [0.2, 0.25) is 15.9 Å². The summed E-state index contributed by atoms with van der Waals surface area (Å²) in [5.74, 6) is -0.130. The molecule has 1 amide bonds. The van der Waals surface area contributed by atoms with E-state index in [9.17, 15) is 13.2 Å². The first kappa shape index (κ1) is 19.1. The molecule has 0 aliphatic carbocycles. The zero-order valence-corrected chi connectivity index (χ0v) is 16.2. The van der Waals surface area contributed by atoms with Gasteiger partial charge in [-0.3, -0.25) is 4.79 Å². The van der Waals surface area contributed by atoms with Gasteiger partial charge in [0.15, 0.2) is 0 Å². The first-order chi connectivity index (χ1) is 12.9. The van der Waals surface area contributed by atoms with Gasteiger partial charge in [0, 0.05) is 43.3 Å². The third-order valence-corrected chi connectivity index (χ3v) is 6.23. The molecule has 0 unspecified atom stereocenters. The quantitative estimate of drug-likeness (QED) is 0.654. The van der Waals surface area contributed by atoms with Gasteiger partial charge >= 0.3 is 0 Å². The number of carbonyl (C=O) groups is 1. The minimum absolute atomic E-state index is 0.130. The smallest absolute Gasteiger partial charge is 0.242 e. The summed E-state index contributed by atoms with van der Waals surface area (Å²) >= 11 is 0. The van der Waals surface area contributed by atoms with Crippen molar-refractivity contribution in [1.82, 2.24) is 9.29 Å². The fourth-order valence-electron chi connectivity index (χ4n) is 2.95. The van der Waals surface area contributed by atoms with Gasteiger partial charge in [-0.1, -0.05) is 24.3 Å². The Balaban J connectivity index is 1.58. The van der Waals surface area contributed by atoms with E-state index in [0.29, 0.717) is 18.5 Å². The van der Waals surface area contributed by atoms with E-state index in [2.05, 4.69) is 16.4 Å². The highest BCUT2D eigenvalue weighted by molar-refractivity contribution is 7.89. The summed E-state index contributed by atoms with van der Waals surface area (Å²) in [4.78, 5) is 15.6. The second-order valence-electron chi connectivity index (χ2n) is 6.58. The molecule has 7 heteroatoms. The number of nitrogens with one attached hydrogen (secondary N) is 2. The Bertz CT molecular complexity index is 1060. The summed E-state index contributed by atoms with van der Waals surface area (Å²) in [5, 5.41) is 3.96.